The fourth-order valence-electron chi connectivity index (χ4n) is 1.46. The molecule has 0 saturated heterocycles. The van der Waals surface area contributed by atoms with Gasteiger partial charge in [-0.15, -0.1) is 0 Å². The molecule has 0 atom stereocenters. The lowest BCUT2D eigenvalue weighted by Crippen LogP contribution is -2.01. The normalized spacial score (nSPS) is 15.8. The van der Waals surface area contributed by atoms with Crippen LogP contribution in [-0.2, 0) is 0 Å². The monoisotopic (exact) mass is 180 g/mol. The Morgan fingerprint density at radius 3 is 2.69 bits per heavy atom. The molecular formula is C10H9FO2. The largest absolute Gasteiger partial charge is 0.478 e. The summed E-state index contributed by atoms with van der Waals surface area (Å²) in [6.45, 7) is 0. The maximum atomic E-state index is 12.8. The van der Waals surface area contributed by atoms with Crippen LogP contribution in [0.15, 0.2) is 18.2 Å². The zero-order valence-electron chi connectivity index (χ0n) is 6.96. The van der Waals surface area contributed by atoms with Crippen LogP contribution in [0.25, 0.3) is 0 Å². The first-order chi connectivity index (χ1) is 6.18. The van der Waals surface area contributed by atoms with Crippen molar-refractivity contribution in [3.63, 3.8) is 0 Å². The first kappa shape index (κ1) is 8.23. The molecule has 2 rings (SSSR count). The lowest BCUT2D eigenvalue weighted by atomic mass is 10.0. The van der Waals surface area contributed by atoms with E-state index in [0.29, 0.717) is 5.56 Å². The highest BCUT2D eigenvalue weighted by atomic mass is 19.1. The number of hydrogen-bond donors (Lipinski definition) is 1. The summed E-state index contributed by atoms with van der Waals surface area (Å²) in [4.78, 5) is 10.7. The smallest absolute Gasteiger partial charge is 0.335 e. The molecule has 0 spiro atoms. The SMILES string of the molecule is O=C(O)c1ccc(F)cc1C1CC1. The van der Waals surface area contributed by atoms with E-state index in [1.165, 1.54) is 18.2 Å². The quantitative estimate of drug-likeness (QED) is 0.758. The molecule has 0 heterocycles. The zero-order valence-corrected chi connectivity index (χ0v) is 6.96. The van der Waals surface area contributed by atoms with Crippen LogP contribution in [0.3, 0.4) is 0 Å². The minimum Gasteiger partial charge on any atom is -0.478 e. The summed E-state index contributed by atoms with van der Waals surface area (Å²) in [6, 6.07) is 3.86. The van der Waals surface area contributed by atoms with Crippen LogP contribution in [0.2, 0.25) is 0 Å². The van der Waals surface area contributed by atoms with Crippen molar-refractivity contribution in [2.75, 3.05) is 0 Å². The molecule has 13 heavy (non-hydrogen) atoms. The van der Waals surface area contributed by atoms with Crippen molar-refractivity contribution in [1.29, 1.82) is 0 Å². The summed E-state index contributed by atoms with van der Waals surface area (Å²) in [5.74, 6) is -1.06. The van der Waals surface area contributed by atoms with Crippen molar-refractivity contribution in [1.82, 2.24) is 0 Å². The number of carboxylic acid groups (broad SMARTS) is 1. The van der Waals surface area contributed by atoms with Gasteiger partial charge in [-0.05, 0) is 42.5 Å². The van der Waals surface area contributed by atoms with Crippen molar-refractivity contribution >= 4 is 5.97 Å². The molecule has 1 aromatic rings. The molecule has 1 aliphatic rings. The predicted octanol–water partition coefficient (Wildman–Crippen LogP) is 2.40. The molecule has 1 N–H and O–H groups in total. The van der Waals surface area contributed by atoms with Crippen LogP contribution in [0.4, 0.5) is 4.39 Å². The molecular weight excluding hydrogens is 171 g/mol. The number of halogens is 1. The van der Waals surface area contributed by atoms with Gasteiger partial charge < -0.3 is 5.11 Å². The number of hydrogen-bond acceptors (Lipinski definition) is 1. The summed E-state index contributed by atoms with van der Waals surface area (Å²) in [5.41, 5.74) is 0.886. The third kappa shape index (κ3) is 1.54. The second-order valence-corrected chi connectivity index (χ2v) is 3.31. The van der Waals surface area contributed by atoms with E-state index in [4.69, 9.17) is 5.11 Å². The Balaban J connectivity index is 2.47. The summed E-state index contributed by atoms with van der Waals surface area (Å²) in [7, 11) is 0. The van der Waals surface area contributed by atoms with Gasteiger partial charge in [0.1, 0.15) is 5.82 Å². The van der Waals surface area contributed by atoms with Gasteiger partial charge in [0.25, 0.3) is 0 Å². The van der Waals surface area contributed by atoms with Gasteiger partial charge in [0, 0.05) is 0 Å². The number of carboxylic acids is 1. The van der Waals surface area contributed by atoms with Crippen molar-refractivity contribution in [3.05, 3.63) is 35.1 Å². The van der Waals surface area contributed by atoms with Gasteiger partial charge in [0.2, 0.25) is 0 Å². The summed E-state index contributed by atoms with van der Waals surface area (Å²) in [5, 5.41) is 8.81. The Labute approximate surface area is 75.0 Å². The lowest BCUT2D eigenvalue weighted by Gasteiger charge is -2.03. The van der Waals surface area contributed by atoms with Crippen LogP contribution >= 0.6 is 0 Å². The fourth-order valence-corrected chi connectivity index (χ4v) is 1.46. The molecule has 0 bridgehead atoms. The highest BCUT2D eigenvalue weighted by molar-refractivity contribution is 5.89. The molecule has 68 valence electrons. The van der Waals surface area contributed by atoms with E-state index in [0.717, 1.165) is 12.8 Å². The van der Waals surface area contributed by atoms with Crippen molar-refractivity contribution < 1.29 is 14.3 Å². The van der Waals surface area contributed by atoms with Crippen molar-refractivity contribution in [2.45, 2.75) is 18.8 Å². The fraction of sp³-hybridized carbons (Fsp3) is 0.300. The predicted molar refractivity (Wildman–Crippen MR) is 45.3 cm³/mol. The maximum absolute atomic E-state index is 12.8. The lowest BCUT2D eigenvalue weighted by molar-refractivity contribution is 0.0695. The van der Waals surface area contributed by atoms with E-state index in [2.05, 4.69) is 0 Å². The second kappa shape index (κ2) is 2.83. The summed E-state index contributed by atoms with van der Waals surface area (Å²) < 4.78 is 12.8. The van der Waals surface area contributed by atoms with Crippen LogP contribution in [-0.4, -0.2) is 11.1 Å². The number of rotatable bonds is 2. The van der Waals surface area contributed by atoms with Gasteiger partial charge in [-0.25, -0.2) is 9.18 Å². The molecule has 1 fully saturated rings. The Morgan fingerprint density at radius 1 is 1.46 bits per heavy atom. The Bertz CT molecular complexity index is 356. The third-order valence-corrected chi connectivity index (χ3v) is 2.26. The van der Waals surface area contributed by atoms with Crippen LogP contribution < -0.4 is 0 Å². The van der Waals surface area contributed by atoms with E-state index in [-0.39, 0.29) is 17.3 Å². The maximum Gasteiger partial charge on any atom is 0.335 e. The minimum absolute atomic E-state index is 0.240. The van der Waals surface area contributed by atoms with Gasteiger partial charge in [-0.1, -0.05) is 0 Å². The second-order valence-electron chi connectivity index (χ2n) is 3.31. The summed E-state index contributed by atoms with van der Waals surface area (Å²) >= 11 is 0. The average Bonchev–Trinajstić information content (AvgIpc) is 2.85. The Morgan fingerprint density at radius 2 is 2.15 bits per heavy atom. The van der Waals surface area contributed by atoms with Crippen molar-refractivity contribution in [2.24, 2.45) is 0 Å². The molecule has 1 aromatic carbocycles. The molecule has 1 aliphatic carbocycles. The highest BCUT2D eigenvalue weighted by Crippen LogP contribution is 2.41. The molecule has 0 unspecified atom stereocenters. The molecule has 2 nitrogen and oxygen atoms in total. The topological polar surface area (TPSA) is 37.3 Å². The third-order valence-electron chi connectivity index (χ3n) is 2.26. The molecule has 0 aromatic heterocycles. The zero-order chi connectivity index (χ0) is 9.42. The highest BCUT2D eigenvalue weighted by Gasteiger charge is 2.28. The summed E-state index contributed by atoms with van der Waals surface area (Å²) in [6.07, 6.45) is 1.95. The molecule has 3 heteroatoms. The standard InChI is InChI=1S/C10H9FO2/c11-7-3-4-8(10(12)13)9(5-7)6-1-2-6/h3-6H,1-2H2,(H,12,13). The molecule has 0 radical (unpaired) electrons. The number of carbonyl (C=O) groups is 1. The Kier molecular flexibility index (Phi) is 1.79. The van der Waals surface area contributed by atoms with Crippen LogP contribution in [0.5, 0.6) is 0 Å². The number of aromatic carboxylic acids is 1. The van der Waals surface area contributed by atoms with Gasteiger partial charge in [0.15, 0.2) is 0 Å². The van der Waals surface area contributed by atoms with Gasteiger partial charge in [-0.2, -0.15) is 0 Å². The van der Waals surface area contributed by atoms with E-state index in [1.807, 2.05) is 0 Å². The van der Waals surface area contributed by atoms with E-state index in [9.17, 15) is 9.18 Å². The van der Waals surface area contributed by atoms with Gasteiger partial charge >= 0.3 is 5.97 Å². The van der Waals surface area contributed by atoms with Crippen LogP contribution in [0.1, 0.15) is 34.7 Å². The molecule has 0 amide bonds. The van der Waals surface area contributed by atoms with Crippen molar-refractivity contribution in [3.8, 4) is 0 Å². The van der Waals surface area contributed by atoms with E-state index >= 15 is 0 Å². The average molecular weight is 180 g/mol. The van der Waals surface area contributed by atoms with Gasteiger partial charge in [0.05, 0.1) is 5.56 Å². The molecule has 1 saturated carbocycles. The van der Waals surface area contributed by atoms with Crippen LogP contribution in [0, 0.1) is 5.82 Å². The molecule has 0 aliphatic heterocycles. The van der Waals surface area contributed by atoms with E-state index < -0.39 is 5.97 Å². The van der Waals surface area contributed by atoms with Gasteiger partial charge in [-0.3, -0.25) is 0 Å². The first-order valence-electron chi connectivity index (χ1n) is 4.21. The Hall–Kier alpha value is -1.38. The number of benzene rings is 1. The first-order valence-corrected chi connectivity index (χ1v) is 4.21. The van der Waals surface area contributed by atoms with E-state index in [1.54, 1.807) is 0 Å². The minimum atomic E-state index is -0.970.